The average molecular weight is 556 g/mol. The Kier molecular flexibility index (Phi) is 6.71. The maximum Gasteiger partial charge on any atom is 0.325 e. The number of nitrogens with zero attached hydrogens (tertiary/aromatic N) is 3. The standard InChI is InChI=1S/C32H37N5O2S/c1-21-12-13-24-27(18-21)40-30(34-24)35-29(39)33-23-9-5-6-10-25(23)37-20-32(22-8-7-11-26(38)28(22)37)14-16-36(17-15-32)19-31(2,3)4/h5-13,18,38H,14-17,19-20H2,1-4H3,(H2,33,34,35,39). The third kappa shape index (κ3) is 5.13. The number of carbonyl (C=O) groups excluding carboxylic acids is 1. The largest absolute Gasteiger partial charge is 0.506 e. The molecule has 6 rings (SSSR count). The molecule has 1 fully saturated rings. The van der Waals surface area contributed by atoms with E-state index in [1.165, 1.54) is 16.9 Å². The molecular weight excluding hydrogens is 518 g/mol. The van der Waals surface area contributed by atoms with Gasteiger partial charge >= 0.3 is 6.03 Å². The van der Waals surface area contributed by atoms with Gasteiger partial charge in [-0.25, -0.2) is 9.78 Å². The van der Waals surface area contributed by atoms with E-state index in [2.05, 4.69) is 58.3 Å². The van der Waals surface area contributed by atoms with E-state index in [1.54, 1.807) is 6.07 Å². The number of aromatic nitrogens is 1. The monoisotopic (exact) mass is 555 g/mol. The third-order valence-corrected chi connectivity index (χ3v) is 8.97. The Labute approximate surface area is 239 Å². The van der Waals surface area contributed by atoms with E-state index in [9.17, 15) is 9.90 Å². The highest BCUT2D eigenvalue weighted by Crippen LogP contribution is 2.54. The SMILES string of the molecule is Cc1ccc2nc(NC(=O)Nc3ccccc3N3CC4(CCN(CC(C)(C)C)CC4)c4cccc(O)c43)sc2c1. The molecule has 2 amide bonds. The van der Waals surface area contributed by atoms with Crippen LogP contribution in [0.5, 0.6) is 5.75 Å². The number of phenols is 1. The van der Waals surface area contributed by atoms with Crippen LogP contribution < -0.4 is 15.5 Å². The van der Waals surface area contributed by atoms with Crippen LogP contribution in [0.25, 0.3) is 10.2 Å². The number of para-hydroxylation sites is 3. The zero-order chi connectivity index (χ0) is 28.1. The lowest BCUT2D eigenvalue weighted by molar-refractivity contribution is 0.125. The molecule has 3 heterocycles. The first kappa shape index (κ1) is 26.6. The maximum absolute atomic E-state index is 13.1. The van der Waals surface area contributed by atoms with E-state index in [0.29, 0.717) is 10.8 Å². The number of piperidine rings is 1. The summed E-state index contributed by atoms with van der Waals surface area (Å²) in [6, 6.07) is 19.4. The Bertz CT molecular complexity index is 1570. The van der Waals surface area contributed by atoms with E-state index < -0.39 is 0 Å². The third-order valence-electron chi connectivity index (χ3n) is 8.04. The molecule has 0 aliphatic carbocycles. The molecule has 208 valence electrons. The van der Waals surface area contributed by atoms with Gasteiger partial charge in [-0.2, -0.15) is 0 Å². The van der Waals surface area contributed by atoms with Gasteiger partial charge in [0.2, 0.25) is 0 Å². The number of likely N-dealkylation sites (tertiary alicyclic amines) is 1. The number of thiazole rings is 1. The van der Waals surface area contributed by atoms with Crippen LogP contribution in [0.2, 0.25) is 0 Å². The summed E-state index contributed by atoms with van der Waals surface area (Å²) in [6.07, 6.45) is 2.06. The van der Waals surface area contributed by atoms with Crippen molar-refractivity contribution in [2.45, 2.75) is 46.0 Å². The van der Waals surface area contributed by atoms with Gasteiger partial charge in [0.05, 0.1) is 27.3 Å². The Balaban J connectivity index is 1.25. The van der Waals surface area contributed by atoms with Gasteiger partial charge in [-0.15, -0.1) is 0 Å². The summed E-state index contributed by atoms with van der Waals surface area (Å²) in [5, 5.41) is 17.6. The number of aryl methyl sites for hydroxylation is 1. The van der Waals surface area contributed by atoms with Gasteiger partial charge in [0, 0.05) is 18.5 Å². The Hall–Kier alpha value is -3.62. The van der Waals surface area contributed by atoms with Crippen LogP contribution in [0.15, 0.2) is 60.7 Å². The highest BCUT2D eigenvalue weighted by molar-refractivity contribution is 7.22. The minimum absolute atomic E-state index is 0.0447. The fraction of sp³-hybridized carbons (Fsp3) is 0.375. The molecule has 1 aromatic heterocycles. The summed E-state index contributed by atoms with van der Waals surface area (Å²) in [6.45, 7) is 12.8. The summed E-state index contributed by atoms with van der Waals surface area (Å²) >= 11 is 1.46. The number of anilines is 4. The van der Waals surface area contributed by atoms with Crippen molar-refractivity contribution in [1.29, 1.82) is 0 Å². The molecule has 40 heavy (non-hydrogen) atoms. The minimum Gasteiger partial charge on any atom is -0.506 e. The number of urea groups is 1. The van der Waals surface area contributed by atoms with Gasteiger partial charge in [0.15, 0.2) is 5.13 Å². The first-order chi connectivity index (χ1) is 19.1. The lowest BCUT2D eigenvalue weighted by atomic mass is 9.74. The lowest BCUT2D eigenvalue weighted by Crippen LogP contribution is -2.46. The van der Waals surface area contributed by atoms with Gasteiger partial charge in [-0.3, -0.25) is 5.32 Å². The fourth-order valence-electron chi connectivity index (χ4n) is 6.30. The molecule has 2 aliphatic heterocycles. The quantitative estimate of drug-likeness (QED) is 0.243. The zero-order valence-corrected chi connectivity index (χ0v) is 24.4. The van der Waals surface area contributed by atoms with Crippen molar-refractivity contribution < 1.29 is 9.90 Å². The number of fused-ring (bicyclic) bond motifs is 3. The molecule has 0 saturated carbocycles. The van der Waals surface area contributed by atoms with Gasteiger partial charge in [0.1, 0.15) is 5.75 Å². The first-order valence-corrected chi connectivity index (χ1v) is 14.8. The molecule has 0 atom stereocenters. The van der Waals surface area contributed by atoms with E-state index in [-0.39, 0.29) is 22.6 Å². The summed E-state index contributed by atoms with van der Waals surface area (Å²) in [7, 11) is 0. The highest BCUT2D eigenvalue weighted by Gasteiger charge is 2.46. The van der Waals surface area contributed by atoms with E-state index in [1.807, 2.05) is 49.4 Å². The number of phenolic OH excluding ortho intramolecular Hbond substituents is 1. The summed E-state index contributed by atoms with van der Waals surface area (Å²) < 4.78 is 1.04. The first-order valence-electron chi connectivity index (χ1n) is 14.0. The second-order valence-corrected chi connectivity index (χ2v) is 13.5. The molecule has 3 aromatic carbocycles. The molecule has 7 nitrogen and oxygen atoms in total. The van der Waals surface area contributed by atoms with Crippen LogP contribution in [-0.2, 0) is 5.41 Å². The smallest absolute Gasteiger partial charge is 0.325 e. The van der Waals surface area contributed by atoms with Crippen LogP contribution in [-0.4, -0.2) is 47.2 Å². The lowest BCUT2D eigenvalue weighted by Gasteiger charge is -2.42. The van der Waals surface area contributed by atoms with E-state index in [4.69, 9.17) is 0 Å². The molecule has 1 saturated heterocycles. The second kappa shape index (κ2) is 10.1. The molecule has 0 radical (unpaired) electrons. The van der Waals surface area contributed by atoms with Crippen molar-refractivity contribution in [2.24, 2.45) is 5.41 Å². The molecule has 8 heteroatoms. The minimum atomic E-state index is -0.342. The van der Waals surface area contributed by atoms with Crippen LogP contribution >= 0.6 is 11.3 Å². The number of hydrogen-bond donors (Lipinski definition) is 3. The molecule has 3 N–H and O–H groups in total. The highest BCUT2D eigenvalue weighted by atomic mass is 32.1. The molecule has 0 unspecified atom stereocenters. The molecule has 4 aromatic rings. The van der Waals surface area contributed by atoms with Crippen molar-refractivity contribution >= 4 is 49.8 Å². The van der Waals surface area contributed by atoms with Gasteiger partial charge in [-0.05, 0) is 79.7 Å². The molecule has 0 bridgehead atoms. The van der Waals surface area contributed by atoms with Gasteiger partial charge < -0.3 is 20.2 Å². The Morgan fingerprint density at radius 2 is 1.82 bits per heavy atom. The fourth-order valence-corrected chi connectivity index (χ4v) is 7.26. The number of rotatable bonds is 4. The van der Waals surface area contributed by atoms with E-state index in [0.717, 1.165) is 66.2 Å². The number of benzene rings is 3. The van der Waals surface area contributed by atoms with Crippen LogP contribution in [0.3, 0.4) is 0 Å². The summed E-state index contributed by atoms with van der Waals surface area (Å²) in [5.41, 5.74) is 5.86. The number of amides is 2. The van der Waals surface area contributed by atoms with Crippen LogP contribution in [0, 0.1) is 12.3 Å². The number of hydrogen-bond acceptors (Lipinski definition) is 6. The molecule has 2 aliphatic rings. The van der Waals surface area contributed by atoms with Crippen molar-refractivity contribution in [3.05, 3.63) is 71.8 Å². The van der Waals surface area contributed by atoms with Crippen LogP contribution in [0.1, 0.15) is 44.7 Å². The number of nitrogens with one attached hydrogen (secondary N) is 2. The average Bonchev–Trinajstić information content (AvgIpc) is 3.44. The molecule has 1 spiro atoms. The van der Waals surface area contributed by atoms with Gasteiger partial charge in [-0.1, -0.05) is 62.4 Å². The Morgan fingerprint density at radius 1 is 1.05 bits per heavy atom. The normalized spacial score (nSPS) is 16.9. The number of aromatic hydroxyl groups is 1. The predicted molar refractivity (Wildman–Crippen MR) is 165 cm³/mol. The van der Waals surface area contributed by atoms with Crippen molar-refractivity contribution in [3.8, 4) is 5.75 Å². The predicted octanol–water partition coefficient (Wildman–Crippen LogP) is 7.49. The van der Waals surface area contributed by atoms with Crippen LogP contribution in [0.4, 0.5) is 27.0 Å². The summed E-state index contributed by atoms with van der Waals surface area (Å²) in [4.78, 5) is 22.4. The van der Waals surface area contributed by atoms with Crippen molar-refractivity contribution in [3.63, 3.8) is 0 Å². The zero-order valence-electron chi connectivity index (χ0n) is 23.6. The maximum atomic E-state index is 13.1. The topological polar surface area (TPSA) is 80.7 Å². The van der Waals surface area contributed by atoms with Crippen molar-refractivity contribution in [2.75, 3.05) is 41.7 Å². The van der Waals surface area contributed by atoms with Gasteiger partial charge in [0.25, 0.3) is 0 Å². The summed E-state index contributed by atoms with van der Waals surface area (Å²) in [5.74, 6) is 0.274. The number of carbonyl (C=O) groups is 1. The Morgan fingerprint density at radius 3 is 2.60 bits per heavy atom. The van der Waals surface area contributed by atoms with E-state index >= 15 is 0 Å². The molecular formula is C32H37N5O2S. The van der Waals surface area contributed by atoms with Crippen molar-refractivity contribution in [1.82, 2.24) is 9.88 Å². The second-order valence-electron chi connectivity index (χ2n) is 12.5.